The van der Waals surface area contributed by atoms with E-state index in [1.54, 1.807) is 0 Å². The van der Waals surface area contributed by atoms with Crippen molar-refractivity contribution in [2.45, 2.75) is 31.3 Å². The van der Waals surface area contributed by atoms with Gasteiger partial charge in [-0.25, -0.2) is 18.0 Å². The number of carbonyl (C=O) groups excluding carboxylic acids is 1. The number of carboxylic acids is 1. The van der Waals surface area contributed by atoms with Crippen LogP contribution in [0.2, 0.25) is 0 Å². The van der Waals surface area contributed by atoms with Crippen LogP contribution in [0.1, 0.15) is 19.3 Å². The van der Waals surface area contributed by atoms with Gasteiger partial charge in [0.05, 0.1) is 11.5 Å². The molecule has 1 heterocycles. The Balaban J connectivity index is 2.47. The number of urea groups is 1. The first-order chi connectivity index (χ1) is 9.34. The van der Waals surface area contributed by atoms with Crippen molar-refractivity contribution in [3.8, 4) is 0 Å². The van der Waals surface area contributed by atoms with Crippen molar-refractivity contribution in [2.24, 2.45) is 0 Å². The van der Waals surface area contributed by atoms with E-state index in [1.807, 2.05) is 6.26 Å². The van der Waals surface area contributed by atoms with E-state index in [0.29, 0.717) is 25.0 Å². The standard InChI is InChI=1S/C11H20N2O5S2/c1-19-5-4-9(10(14)15)13-11(16)12-8-3-2-6-20(17,18)7-8/h8-9H,2-7H2,1H3,(H,14,15)(H2,12,13,16)/t8?,9-/m1/s1. The summed E-state index contributed by atoms with van der Waals surface area (Å²) in [6, 6.07) is -2.02. The van der Waals surface area contributed by atoms with E-state index >= 15 is 0 Å². The molecule has 1 rings (SSSR count). The van der Waals surface area contributed by atoms with E-state index in [9.17, 15) is 18.0 Å². The zero-order valence-corrected chi connectivity index (χ0v) is 12.9. The van der Waals surface area contributed by atoms with Crippen LogP contribution in [0.4, 0.5) is 4.79 Å². The Morgan fingerprint density at radius 1 is 1.45 bits per heavy atom. The number of sulfone groups is 1. The number of rotatable bonds is 6. The van der Waals surface area contributed by atoms with Crippen LogP contribution >= 0.6 is 11.8 Å². The van der Waals surface area contributed by atoms with Crippen LogP contribution < -0.4 is 10.6 Å². The Hall–Kier alpha value is -0.960. The van der Waals surface area contributed by atoms with Gasteiger partial charge in [-0.3, -0.25) is 0 Å². The monoisotopic (exact) mass is 324 g/mol. The second-order valence-corrected chi connectivity index (χ2v) is 7.96. The largest absolute Gasteiger partial charge is 0.480 e. The number of thioether (sulfide) groups is 1. The number of hydrogen-bond donors (Lipinski definition) is 3. The maximum Gasteiger partial charge on any atom is 0.326 e. The molecule has 0 radical (unpaired) electrons. The fourth-order valence-electron chi connectivity index (χ4n) is 2.02. The molecule has 0 aromatic carbocycles. The van der Waals surface area contributed by atoms with E-state index in [2.05, 4.69) is 10.6 Å². The molecular weight excluding hydrogens is 304 g/mol. The normalized spacial score (nSPS) is 22.8. The van der Waals surface area contributed by atoms with Crippen LogP contribution in [0.25, 0.3) is 0 Å². The Morgan fingerprint density at radius 2 is 2.15 bits per heavy atom. The fraction of sp³-hybridized carbons (Fsp3) is 0.818. The Labute approximate surface area is 122 Å². The Bertz CT molecular complexity index is 452. The molecule has 2 amide bonds. The molecule has 2 atom stereocenters. The first-order valence-electron chi connectivity index (χ1n) is 6.33. The van der Waals surface area contributed by atoms with Gasteiger partial charge in [0, 0.05) is 6.04 Å². The van der Waals surface area contributed by atoms with E-state index in [4.69, 9.17) is 5.11 Å². The minimum absolute atomic E-state index is 0.0804. The zero-order valence-electron chi connectivity index (χ0n) is 11.3. The van der Waals surface area contributed by atoms with Gasteiger partial charge in [-0.2, -0.15) is 11.8 Å². The molecule has 0 saturated carbocycles. The SMILES string of the molecule is CSCC[C@@H](NC(=O)NC1CCCS(=O)(=O)C1)C(=O)O. The van der Waals surface area contributed by atoms with Crippen LogP contribution in [-0.4, -0.2) is 61.1 Å². The topological polar surface area (TPSA) is 113 Å². The average molecular weight is 324 g/mol. The lowest BCUT2D eigenvalue weighted by molar-refractivity contribution is -0.139. The predicted molar refractivity (Wildman–Crippen MR) is 77.8 cm³/mol. The molecule has 1 aliphatic rings. The maximum atomic E-state index is 11.7. The average Bonchev–Trinajstić information content (AvgIpc) is 2.32. The van der Waals surface area contributed by atoms with Crippen molar-refractivity contribution in [3.63, 3.8) is 0 Å². The van der Waals surface area contributed by atoms with E-state index in [-0.39, 0.29) is 11.5 Å². The second kappa shape index (κ2) is 7.72. The molecule has 20 heavy (non-hydrogen) atoms. The summed E-state index contributed by atoms with van der Waals surface area (Å²) in [5.74, 6) is -0.401. The first kappa shape index (κ1) is 17.1. The third-order valence-electron chi connectivity index (χ3n) is 3.01. The molecule has 0 aromatic heterocycles. The van der Waals surface area contributed by atoms with E-state index < -0.39 is 33.9 Å². The van der Waals surface area contributed by atoms with Gasteiger partial charge in [-0.15, -0.1) is 0 Å². The molecule has 116 valence electrons. The lowest BCUT2D eigenvalue weighted by Gasteiger charge is -2.24. The van der Waals surface area contributed by atoms with Crippen molar-refractivity contribution < 1.29 is 23.1 Å². The highest BCUT2D eigenvalue weighted by Gasteiger charge is 2.27. The first-order valence-corrected chi connectivity index (χ1v) is 9.55. The third kappa shape index (κ3) is 6.00. The summed E-state index contributed by atoms with van der Waals surface area (Å²) < 4.78 is 22.9. The molecule has 0 bridgehead atoms. The quantitative estimate of drug-likeness (QED) is 0.637. The summed E-state index contributed by atoms with van der Waals surface area (Å²) >= 11 is 1.50. The molecule has 0 aromatic rings. The number of nitrogens with one attached hydrogen (secondary N) is 2. The number of amides is 2. The molecule has 1 saturated heterocycles. The molecule has 1 unspecified atom stereocenters. The van der Waals surface area contributed by atoms with Crippen molar-refractivity contribution in [1.82, 2.24) is 10.6 Å². The molecule has 0 aliphatic carbocycles. The molecule has 0 spiro atoms. The molecule has 1 aliphatic heterocycles. The van der Waals surface area contributed by atoms with Crippen molar-refractivity contribution in [3.05, 3.63) is 0 Å². The van der Waals surface area contributed by atoms with Crippen molar-refractivity contribution >= 4 is 33.6 Å². The van der Waals surface area contributed by atoms with Crippen LogP contribution in [0.15, 0.2) is 0 Å². The van der Waals surface area contributed by atoms with Crippen LogP contribution in [0, 0.1) is 0 Å². The van der Waals surface area contributed by atoms with E-state index in [0.717, 1.165) is 0 Å². The number of carboxylic acid groups (broad SMARTS) is 1. The van der Waals surface area contributed by atoms with Gasteiger partial charge in [0.2, 0.25) is 0 Å². The highest BCUT2D eigenvalue weighted by atomic mass is 32.2. The number of hydrogen-bond acceptors (Lipinski definition) is 5. The lowest BCUT2D eigenvalue weighted by Crippen LogP contribution is -2.51. The second-order valence-electron chi connectivity index (χ2n) is 4.74. The minimum atomic E-state index is -3.10. The van der Waals surface area contributed by atoms with Crippen molar-refractivity contribution in [2.75, 3.05) is 23.5 Å². The Kier molecular flexibility index (Phi) is 6.60. The van der Waals surface area contributed by atoms with Gasteiger partial charge in [0.15, 0.2) is 9.84 Å². The predicted octanol–water partition coefficient (Wildman–Crippen LogP) is 0.0691. The lowest BCUT2D eigenvalue weighted by atomic mass is 10.2. The fourth-order valence-corrected chi connectivity index (χ4v) is 4.12. The van der Waals surface area contributed by atoms with Gasteiger partial charge in [-0.05, 0) is 31.3 Å². The molecule has 9 heteroatoms. The molecule has 3 N–H and O–H groups in total. The third-order valence-corrected chi connectivity index (χ3v) is 5.48. The molecule has 7 nitrogen and oxygen atoms in total. The van der Waals surface area contributed by atoms with Gasteiger partial charge in [-0.1, -0.05) is 0 Å². The molecular formula is C11H20N2O5S2. The van der Waals surface area contributed by atoms with Gasteiger partial charge in [0.1, 0.15) is 6.04 Å². The summed E-state index contributed by atoms with van der Waals surface area (Å²) in [7, 11) is -3.10. The summed E-state index contributed by atoms with van der Waals surface area (Å²) in [4.78, 5) is 22.7. The van der Waals surface area contributed by atoms with Crippen LogP contribution in [-0.2, 0) is 14.6 Å². The number of aliphatic carboxylic acids is 1. The smallest absolute Gasteiger partial charge is 0.326 e. The van der Waals surface area contributed by atoms with Crippen molar-refractivity contribution in [1.29, 1.82) is 0 Å². The van der Waals surface area contributed by atoms with Crippen LogP contribution in [0.5, 0.6) is 0 Å². The van der Waals surface area contributed by atoms with Gasteiger partial charge in [0.25, 0.3) is 0 Å². The van der Waals surface area contributed by atoms with E-state index in [1.165, 1.54) is 11.8 Å². The highest BCUT2D eigenvalue weighted by Crippen LogP contribution is 2.11. The van der Waals surface area contributed by atoms with Gasteiger partial charge < -0.3 is 15.7 Å². The van der Waals surface area contributed by atoms with Gasteiger partial charge >= 0.3 is 12.0 Å². The zero-order chi connectivity index (χ0) is 15.2. The summed E-state index contributed by atoms with van der Waals surface area (Å²) in [6.45, 7) is 0. The minimum Gasteiger partial charge on any atom is -0.480 e. The van der Waals surface area contributed by atoms with Crippen LogP contribution in [0.3, 0.4) is 0 Å². The molecule has 1 fully saturated rings. The number of carbonyl (C=O) groups is 2. The Morgan fingerprint density at radius 3 is 2.70 bits per heavy atom. The summed E-state index contributed by atoms with van der Waals surface area (Å²) in [5, 5.41) is 13.9. The summed E-state index contributed by atoms with van der Waals surface area (Å²) in [5.41, 5.74) is 0. The maximum absolute atomic E-state index is 11.7. The summed E-state index contributed by atoms with van der Waals surface area (Å²) in [6.07, 6.45) is 3.29. The highest BCUT2D eigenvalue weighted by molar-refractivity contribution is 7.98.